The second-order valence-corrected chi connectivity index (χ2v) is 6.76. The number of nitrogens with zero attached hydrogens (tertiary/aromatic N) is 1. The van der Waals surface area contributed by atoms with E-state index in [-0.39, 0.29) is 6.04 Å². The molecule has 2 rings (SSSR count). The van der Waals surface area contributed by atoms with Gasteiger partial charge in [0.2, 0.25) is 0 Å². The van der Waals surface area contributed by atoms with Gasteiger partial charge in [0.15, 0.2) is 0 Å². The number of carboxylic acid groups (broad SMARTS) is 1. The largest absolute Gasteiger partial charge is 0.480 e. The van der Waals surface area contributed by atoms with Gasteiger partial charge in [-0.05, 0) is 53.0 Å². The van der Waals surface area contributed by atoms with E-state index in [1.54, 1.807) is 6.92 Å². The zero-order valence-corrected chi connectivity index (χ0v) is 12.9. The van der Waals surface area contributed by atoms with Crippen LogP contribution in [0.15, 0.2) is 0 Å². The predicted molar refractivity (Wildman–Crippen MR) is 77.9 cm³/mol. The number of carboxylic acids is 1. The van der Waals surface area contributed by atoms with E-state index in [9.17, 15) is 9.90 Å². The molecule has 0 aromatic heterocycles. The Morgan fingerprint density at radius 2 is 2.00 bits per heavy atom. The van der Waals surface area contributed by atoms with Gasteiger partial charge >= 0.3 is 5.97 Å². The van der Waals surface area contributed by atoms with Crippen molar-refractivity contribution in [3.8, 4) is 0 Å². The first-order valence-electron chi connectivity index (χ1n) is 7.78. The molecule has 0 aromatic rings. The molecular weight excluding hydrogens is 256 g/mol. The normalized spacial score (nSPS) is 29.6. The number of morpholine rings is 1. The Morgan fingerprint density at radius 1 is 1.40 bits per heavy atom. The molecule has 2 aliphatic rings. The monoisotopic (exact) mass is 284 g/mol. The number of nitrogens with one attached hydrogen (secondary N) is 1. The van der Waals surface area contributed by atoms with Crippen LogP contribution in [0.25, 0.3) is 0 Å². The molecule has 0 aromatic carbocycles. The first-order valence-corrected chi connectivity index (χ1v) is 7.78. The van der Waals surface area contributed by atoms with Crippen molar-refractivity contribution in [2.24, 2.45) is 0 Å². The lowest BCUT2D eigenvalue weighted by Crippen LogP contribution is -2.52. The zero-order valence-electron chi connectivity index (χ0n) is 12.9. The summed E-state index contributed by atoms with van der Waals surface area (Å²) >= 11 is 0. The first kappa shape index (κ1) is 15.7. The number of ether oxygens (including phenoxy) is 1. The van der Waals surface area contributed by atoms with E-state index < -0.39 is 11.5 Å². The Bertz CT molecular complexity index is 336. The van der Waals surface area contributed by atoms with Crippen LogP contribution in [-0.4, -0.2) is 59.4 Å². The molecule has 20 heavy (non-hydrogen) atoms. The van der Waals surface area contributed by atoms with Crippen molar-refractivity contribution >= 4 is 5.97 Å². The van der Waals surface area contributed by atoms with Gasteiger partial charge in [0, 0.05) is 19.1 Å². The van der Waals surface area contributed by atoms with Crippen LogP contribution in [0, 0.1) is 0 Å². The highest BCUT2D eigenvalue weighted by Gasteiger charge is 2.35. The molecule has 3 atom stereocenters. The number of carbonyl (C=O) groups is 1. The van der Waals surface area contributed by atoms with Crippen molar-refractivity contribution in [3.05, 3.63) is 0 Å². The number of hydrogen-bond donors (Lipinski definition) is 2. The highest BCUT2D eigenvalue weighted by Crippen LogP contribution is 2.26. The molecule has 2 bridgehead atoms. The van der Waals surface area contributed by atoms with E-state index in [2.05, 4.69) is 10.2 Å². The lowest BCUT2D eigenvalue weighted by molar-refractivity contribution is -0.144. The van der Waals surface area contributed by atoms with Crippen LogP contribution in [0.4, 0.5) is 0 Å². The second-order valence-electron chi connectivity index (χ2n) is 6.76. The molecule has 2 saturated heterocycles. The lowest BCUT2D eigenvalue weighted by Gasteiger charge is -2.33. The molecule has 0 aliphatic carbocycles. The summed E-state index contributed by atoms with van der Waals surface area (Å²) in [7, 11) is 0. The standard InChI is InChI=1S/C15H28N2O3/c1-11(2)16-15(3,14(18)19)7-4-8-17-9-12-5-6-13(10-17)20-12/h11-13,16H,4-10H2,1-3H3,(H,18,19). The third-order valence-electron chi connectivity index (χ3n) is 4.35. The van der Waals surface area contributed by atoms with Crippen molar-refractivity contribution in [3.63, 3.8) is 0 Å². The van der Waals surface area contributed by atoms with Crippen LogP contribution in [0.5, 0.6) is 0 Å². The molecule has 0 radical (unpaired) electrons. The van der Waals surface area contributed by atoms with Crippen LogP contribution >= 0.6 is 0 Å². The van der Waals surface area contributed by atoms with E-state index in [0.29, 0.717) is 18.6 Å². The predicted octanol–water partition coefficient (Wildman–Crippen LogP) is 1.47. The Balaban J connectivity index is 1.77. The molecule has 2 heterocycles. The van der Waals surface area contributed by atoms with Gasteiger partial charge in [-0.15, -0.1) is 0 Å². The topological polar surface area (TPSA) is 61.8 Å². The molecule has 3 unspecified atom stereocenters. The van der Waals surface area contributed by atoms with Crippen molar-refractivity contribution in [1.29, 1.82) is 0 Å². The minimum Gasteiger partial charge on any atom is -0.480 e. The van der Waals surface area contributed by atoms with E-state index in [1.807, 2.05) is 13.8 Å². The van der Waals surface area contributed by atoms with Gasteiger partial charge in [-0.2, -0.15) is 0 Å². The molecule has 116 valence electrons. The number of hydrogen-bond acceptors (Lipinski definition) is 4. The third kappa shape index (κ3) is 3.93. The molecule has 0 spiro atoms. The van der Waals surface area contributed by atoms with Crippen molar-refractivity contribution in [2.45, 2.75) is 70.2 Å². The highest BCUT2D eigenvalue weighted by molar-refractivity contribution is 5.78. The maximum Gasteiger partial charge on any atom is 0.323 e. The average molecular weight is 284 g/mol. The number of likely N-dealkylation sites (tertiary alicyclic amines) is 1. The average Bonchev–Trinajstić information content (AvgIpc) is 2.67. The Hall–Kier alpha value is -0.650. The van der Waals surface area contributed by atoms with E-state index in [0.717, 1.165) is 26.1 Å². The minimum absolute atomic E-state index is 0.176. The van der Waals surface area contributed by atoms with E-state index in [1.165, 1.54) is 12.8 Å². The van der Waals surface area contributed by atoms with E-state index in [4.69, 9.17) is 4.74 Å². The van der Waals surface area contributed by atoms with Crippen LogP contribution in [0.1, 0.15) is 46.5 Å². The van der Waals surface area contributed by atoms with Gasteiger partial charge in [-0.3, -0.25) is 15.0 Å². The maximum absolute atomic E-state index is 11.5. The van der Waals surface area contributed by atoms with Crippen molar-refractivity contribution in [2.75, 3.05) is 19.6 Å². The van der Waals surface area contributed by atoms with Crippen LogP contribution < -0.4 is 5.32 Å². The summed E-state index contributed by atoms with van der Waals surface area (Å²) in [5.74, 6) is -0.756. The molecule has 2 aliphatic heterocycles. The smallest absolute Gasteiger partial charge is 0.323 e. The summed E-state index contributed by atoms with van der Waals surface area (Å²) in [6.07, 6.45) is 4.75. The van der Waals surface area contributed by atoms with Gasteiger partial charge < -0.3 is 9.84 Å². The number of fused-ring (bicyclic) bond motifs is 2. The van der Waals surface area contributed by atoms with Gasteiger partial charge in [0.05, 0.1) is 12.2 Å². The summed E-state index contributed by atoms with van der Waals surface area (Å²) in [4.78, 5) is 13.9. The van der Waals surface area contributed by atoms with Gasteiger partial charge in [-0.25, -0.2) is 0 Å². The zero-order chi connectivity index (χ0) is 14.8. The summed E-state index contributed by atoms with van der Waals surface area (Å²) in [6.45, 7) is 8.76. The number of rotatable bonds is 7. The molecular formula is C15H28N2O3. The fourth-order valence-corrected chi connectivity index (χ4v) is 3.42. The molecule has 2 fully saturated rings. The molecule has 0 saturated carbocycles. The van der Waals surface area contributed by atoms with Gasteiger partial charge in [0.25, 0.3) is 0 Å². The van der Waals surface area contributed by atoms with E-state index >= 15 is 0 Å². The maximum atomic E-state index is 11.5. The summed E-state index contributed by atoms with van der Waals surface area (Å²) in [6, 6.07) is 0.176. The summed E-state index contributed by atoms with van der Waals surface area (Å²) in [5.41, 5.74) is -0.820. The molecule has 5 heteroatoms. The summed E-state index contributed by atoms with van der Waals surface area (Å²) in [5, 5.41) is 12.6. The Kier molecular flexibility index (Phi) is 5.04. The third-order valence-corrected chi connectivity index (χ3v) is 4.35. The minimum atomic E-state index is -0.820. The quantitative estimate of drug-likeness (QED) is 0.741. The molecule has 2 N–H and O–H groups in total. The highest BCUT2D eigenvalue weighted by atomic mass is 16.5. The Morgan fingerprint density at radius 3 is 2.50 bits per heavy atom. The summed E-state index contributed by atoms with van der Waals surface area (Å²) < 4.78 is 5.82. The SMILES string of the molecule is CC(C)NC(C)(CCCN1CC2CCC(C1)O2)C(=O)O. The van der Waals surface area contributed by atoms with Crippen molar-refractivity contribution < 1.29 is 14.6 Å². The fourth-order valence-electron chi connectivity index (χ4n) is 3.42. The molecule has 0 amide bonds. The number of aliphatic carboxylic acids is 1. The molecule has 5 nitrogen and oxygen atoms in total. The van der Waals surface area contributed by atoms with Crippen LogP contribution in [-0.2, 0) is 9.53 Å². The van der Waals surface area contributed by atoms with Crippen LogP contribution in [0.2, 0.25) is 0 Å². The Labute approximate surface area is 121 Å². The van der Waals surface area contributed by atoms with Crippen molar-refractivity contribution in [1.82, 2.24) is 10.2 Å². The lowest BCUT2D eigenvalue weighted by atomic mass is 9.94. The van der Waals surface area contributed by atoms with Crippen LogP contribution in [0.3, 0.4) is 0 Å². The van der Waals surface area contributed by atoms with Gasteiger partial charge in [-0.1, -0.05) is 0 Å². The fraction of sp³-hybridized carbons (Fsp3) is 0.933. The van der Waals surface area contributed by atoms with Gasteiger partial charge in [0.1, 0.15) is 5.54 Å². The first-order chi connectivity index (χ1) is 9.39. The second kappa shape index (κ2) is 6.41.